The zero-order valence-corrected chi connectivity index (χ0v) is 15.7. The first kappa shape index (κ1) is 19.5. The van der Waals surface area contributed by atoms with Crippen molar-refractivity contribution in [3.05, 3.63) is 79.2 Å². The lowest BCUT2D eigenvalue weighted by Crippen LogP contribution is -2.20. The summed E-state index contributed by atoms with van der Waals surface area (Å²) in [5.74, 6) is -2.65. The van der Waals surface area contributed by atoms with Crippen LogP contribution in [-0.4, -0.2) is 28.0 Å². The van der Waals surface area contributed by atoms with Crippen LogP contribution < -0.4 is 4.80 Å². The number of halogens is 1. The average molecular weight is 422 g/mol. The third-order valence-corrected chi connectivity index (χ3v) is 4.64. The molecular formula is C17H12ClN3O6S. The second kappa shape index (κ2) is 8.63. The van der Waals surface area contributed by atoms with Gasteiger partial charge in [0.05, 0.1) is 12.6 Å². The van der Waals surface area contributed by atoms with Crippen LogP contribution in [0.1, 0.15) is 16.1 Å². The predicted octanol–water partition coefficient (Wildman–Crippen LogP) is 3.04. The highest BCUT2D eigenvalue weighted by molar-refractivity contribution is 7.07. The van der Waals surface area contributed by atoms with Gasteiger partial charge in [0, 0.05) is 16.6 Å². The van der Waals surface area contributed by atoms with E-state index >= 15 is 0 Å². The Hall–Kier alpha value is -3.24. The summed E-state index contributed by atoms with van der Waals surface area (Å²) in [5.41, 5.74) is 0.863. The lowest BCUT2D eigenvalue weighted by atomic mass is 10.2. The van der Waals surface area contributed by atoms with Crippen LogP contribution in [0.4, 0.5) is 5.88 Å². The molecule has 1 aromatic carbocycles. The van der Waals surface area contributed by atoms with Gasteiger partial charge in [-0.2, -0.15) is 4.99 Å². The van der Waals surface area contributed by atoms with Crippen LogP contribution in [0.3, 0.4) is 0 Å². The smallest absolute Gasteiger partial charge is 0.433 e. The van der Waals surface area contributed by atoms with Crippen molar-refractivity contribution in [3.8, 4) is 0 Å². The number of hydrogen-bond acceptors (Lipinski definition) is 7. The molecule has 2 heterocycles. The maximum atomic E-state index is 12.0. The van der Waals surface area contributed by atoms with E-state index in [2.05, 4.69) is 4.99 Å². The highest BCUT2D eigenvalue weighted by Crippen LogP contribution is 2.17. The molecule has 144 valence electrons. The minimum atomic E-state index is -0.994. The molecule has 0 bridgehead atoms. The number of ether oxygens (including phenoxy) is 1. The SMILES string of the molecule is O=C(COC(=O)c1ccc([N+](=O)[O-])o1)N=c1sccn1Cc1ccccc1Cl. The molecule has 0 radical (unpaired) electrons. The molecule has 0 aliphatic rings. The molecule has 0 N–H and O–H groups in total. The van der Waals surface area contributed by atoms with E-state index in [0.717, 1.165) is 17.7 Å². The third-order valence-electron chi connectivity index (χ3n) is 3.48. The van der Waals surface area contributed by atoms with Crippen LogP contribution in [0, 0.1) is 10.1 Å². The van der Waals surface area contributed by atoms with Gasteiger partial charge < -0.3 is 13.7 Å². The van der Waals surface area contributed by atoms with Gasteiger partial charge in [-0.3, -0.25) is 14.9 Å². The van der Waals surface area contributed by atoms with Gasteiger partial charge in [0.1, 0.15) is 4.92 Å². The quantitative estimate of drug-likeness (QED) is 0.343. The standard InChI is InChI=1S/C17H12ClN3O6S/c18-12-4-2-1-3-11(12)9-20-7-8-28-17(20)19-14(22)10-26-16(23)13-5-6-15(27-13)21(24)25/h1-8H,9-10H2. The minimum Gasteiger partial charge on any atom is -0.450 e. The van der Waals surface area contributed by atoms with Gasteiger partial charge in [-0.05, 0) is 17.7 Å². The summed E-state index contributed by atoms with van der Waals surface area (Å²) in [6.07, 6.45) is 1.76. The zero-order chi connectivity index (χ0) is 20.1. The van der Waals surface area contributed by atoms with Crippen LogP contribution in [0.2, 0.25) is 5.02 Å². The zero-order valence-electron chi connectivity index (χ0n) is 14.1. The molecule has 0 saturated carbocycles. The van der Waals surface area contributed by atoms with Crippen molar-refractivity contribution in [3.63, 3.8) is 0 Å². The topological polar surface area (TPSA) is 117 Å². The largest absolute Gasteiger partial charge is 0.450 e. The Morgan fingerprint density at radius 3 is 2.79 bits per heavy atom. The van der Waals surface area contributed by atoms with E-state index in [0.29, 0.717) is 16.4 Å². The summed E-state index contributed by atoms with van der Waals surface area (Å²) < 4.78 is 11.2. The Morgan fingerprint density at radius 1 is 1.29 bits per heavy atom. The van der Waals surface area contributed by atoms with Crippen LogP contribution >= 0.6 is 22.9 Å². The molecule has 0 aliphatic carbocycles. The van der Waals surface area contributed by atoms with E-state index in [1.165, 1.54) is 11.3 Å². The van der Waals surface area contributed by atoms with E-state index in [1.54, 1.807) is 22.2 Å². The number of nitrogens with zero attached hydrogens (tertiary/aromatic N) is 3. The van der Waals surface area contributed by atoms with Crippen molar-refractivity contribution in [2.24, 2.45) is 4.99 Å². The summed E-state index contributed by atoms with van der Waals surface area (Å²) in [4.78, 5) is 37.9. The first-order valence-corrected chi connectivity index (χ1v) is 9.06. The van der Waals surface area contributed by atoms with Crippen molar-refractivity contribution in [1.82, 2.24) is 4.57 Å². The number of amides is 1. The molecule has 11 heteroatoms. The second-order valence-corrected chi connectivity index (χ2v) is 6.66. The molecule has 9 nitrogen and oxygen atoms in total. The number of carbonyl (C=O) groups is 2. The van der Waals surface area contributed by atoms with E-state index in [9.17, 15) is 19.7 Å². The second-order valence-electron chi connectivity index (χ2n) is 5.38. The first-order chi connectivity index (χ1) is 13.4. The first-order valence-electron chi connectivity index (χ1n) is 7.80. The fourth-order valence-corrected chi connectivity index (χ4v) is 3.13. The molecule has 0 saturated heterocycles. The van der Waals surface area contributed by atoms with Gasteiger partial charge >= 0.3 is 11.9 Å². The summed E-state index contributed by atoms with van der Waals surface area (Å²) in [6.45, 7) is -0.206. The number of thiazole rings is 1. The van der Waals surface area contributed by atoms with Gasteiger partial charge in [-0.15, -0.1) is 11.3 Å². The summed E-state index contributed by atoms with van der Waals surface area (Å²) in [6, 6.07) is 9.42. The minimum absolute atomic E-state index is 0.371. The molecule has 3 rings (SSSR count). The maximum Gasteiger partial charge on any atom is 0.433 e. The van der Waals surface area contributed by atoms with Crippen molar-refractivity contribution >= 4 is 40.7 Å². The Bertz CT molecular complexity index is 1100. The van der Waals surface area contributed by atoms with Crippen LogP contribution in [-0.2, 0) is 16.1 Å². The van der Waals surface area contributed by atoms with E-state index in [1.807, 2.05) is 18.2 Å². The number of carbonyl (C=O) groups excluding carboxylic acids is 2. The normalized spacial score (nSPS) is 11.4. The Balaban J connectivity index is 1.65. The average Bonchev–Trinajstić information content (AvgIpc) is 3.32. The molecule has 0 aliphatic heterocycles. The van der Waals surface area contributed by atoms with Crippen molar-refractivity contribution < 1.29 is 23.7 Å². The molecule has 28 heavy (non-hydrogen) atoms. The third kappa shape index (κ3) is 4.72. The van der Waals surface area contributed by atoms with E-state index in [-0.39, 0.29) is 5.76 Å². The predicted molar refractivity (Wildman–Crippen MR) is 99.1 cm³/mol. The molecule has 0 spiro atoms. The lowest BCUT2D eigenvalue weighted by molar-refractivity contribution is -0.402. The Morgan fingerprint density at radius 2 is 2.07 bits per heavy atom. The molecule has 0 fully saturated rings. The van der Waals surface area contributed by atoms with E-state index < -0.39 is 29.3 Å². The molecular weight excluding hydrogens is 410 g/mol. The van der Waals surface area contributed by atoms with Gasteiger partial charge in [0.2, 0.25) is 5.76 Å². The maximum absolute atomic E-state index is 12.0. The molecule has 0 atom stereocenters. The van der Waals surface area contributed by atoms with Crippen molar-refractivity contribution in [2.75, 3.05) is 6.61 Å². The highest BCUT2D eigenvalue weighted by atomic mass is 35.5. The van der Waals surface area contributed by atoms with Gasteiger partial charge in [-0.1, -0.05) is 29.8 Å². The summed E-state index contributed by atoms with van der Waals surface area (Å²) >= 11 is 7.39. The fraction of sp³-hybridized carbons (Fsp3) is 0.118. The van der Waals surface area contributed by atoms with Gasteiger partial charge in [0.25, 0.3) is 5.91 Å². The number of aromatic nitrogens is 1. The molecule has 0 unspecified atom stereocenters. The fourth-order valence-electron chi connectivity index (χ4n) is 2.19. The van der Waals surface area contributed by atoms with Gasteiger partial charge in [0.15, 0.2) is 11.4 Å². The van der Waals surface area contributed by atoms with Crippen LogP contribution in [0.15, 0.2) is 57.4 Å². The molecule has 3 aromatic rings. The van der Waals surface area contributed by atoms with E-state index in [4.69, 9.17) is 20.8 Å². The Labute approximate surface area is 166 Å². The van der Waals surface area contributed by atoms with Crippen LogP contribution in [0.5, 0.6) is 0 Å². The van der Waals surface area contributed by atoms with Crippen LogP contribution in [0.25, 0.3) is 0 Å². The molecule has 2 aromatic heterocycles. The number of nitro groups is 1. The number of furan rings is 1. The highest BCUT2D eigenvalue weighted by Gasteiger charge is 2.19. The number of hydrogen-bond donors (Lipinski definition) is 0. The van der Waals surface area contributed by atoms with Crippen molar-refractivity contribution in [2.45, 2.75) is 6.54 Å². The number of benzene rings is 1. The monoisotopic (exact) mass is 421 g/mol. The Kier molecular flexibility index (Phi) is 6.02. The summed E-state index contributed by atoms with van der Waals surface area (Å²) in [5, 5.41) is 12.9. The van der Waals surface area contributed by atoms with Gasteiger partial charge in [-0.25, -0.2) is 4.79 Å². The lowest BCUT2D eigenvalue weighted by Gasteiger charge is -2.05. The number of esters is 1. The number of rotatable bonds is 6. The van der Waals surface area contributed by atoms with Crippen molar-refractivity contribution in [1.29, 1.82) is 0 Å². The summed E-state index contributed by atoms with van der Waals surface area (Å²) in [7, 11) is 0. The molecule has 1 amide bonds.